The molecule has 0 bridgehead atoms. The average Bonchev–Trinajstić information content (AvgIpc) is 3.26. The molecule has 38 heavy (non-hydrogen) atoms. The van der Waals surface area contributed by atoms with Gasteiger partial charge in [-0.3, -0.25) is 0 Å². The molecule has 1 aliphatic carbocycles. The second kappa shape index (κ2) is 11.3. The minimum Gasteiger partial charge on any atom is -0.495 e. The zero-order valence-electron chi connectivity index (χ0n) is 21.0. The van der Waals surface area contributed by atoms with Gasteiger partial charge in [0.05, 0.1) is 26.0 Å². The minimum absolute atomic E-state index is 0.0296. The summed E-state index contributed by atoms with van der Waals surface area (Å²) in [4.78, 5) is 26.9. The summed E-state index contributed by atoms with van der Waals surface area (Å²) >= 11 is 6.56. The van der Waals surface area contributed by atoms with Gasteiger partial charge in [0.2, 0.25) is 0 Å². The molecule has 1 atom stereocenters. The first-order valence-electron chi connectivity index (χ1n) is 12.5. The maximum atomic E-state index is 12.7. The highest BCUT2D eigenvalue weighted by molar-refractivity contribution is 6.31. The zero-order chi connectivity index (χ0) is 26.6. The van der Waals surface area contributed by atoms with E-state index in [0.29, 0.717) is 42.6 Å². The molecule has 9 heteroatoms. The first-order chi connectivity index (χ1) is 18.5. The number of aliphatic carboxylic acids is 1. The van der Waals surface area contributed by atoms with Crippen LogP contribution in [0.3, 0.4) is 0 Å². The third-order valence-corrected chi connectivity index (χ3v) is 7.41. The van der Waals surface area contributed by atoms with Crippen molar-refractivity contribution in [2.45, 2.75) is 18.4 Å². The van der Waals surface area contributed by atoms with Crippen LogP contribution in [0, 0.1) is 0 Å². The molecule has 1 amide bonds. The molecule has 1 unspecified atom stereocenters. The van der Waals surface area contributed by atoms with E-state index in [4.69, 9.17) is 25.8 Å². The van der Waals surface area contributed by atoms with Crippen LogP contribution in [-0.2, 0) is 20.7 Å². The van der Waals surface area contributed by atoms with Gasteiger partial charge in [0.1, 0.15) is 18.4 Å². The summed E-state index contributed by atoms with van der Waals surface area (Å²) in [6.07, 6.45) is -0.828. The van der Waals surface area contributed by atoms with Gasteiger partial charge in [-0.15, -0.1) is 0 Å². The molecule has 1 saturated heterocycles. The normalized spacial score (nSPS) is 15.4. The van der Waals surface area contributed by atoms with Gasteiger partial charge in [-0.1, -0.05) is 60.1 Å². The number of anilines is 1. The highest BCUT2D eigenvalue weighted by Gasteiger charge is 2.30. The monoisotopic (exact) mass is 536 g/mol. The smallest absolute Gasteiger partial charge is 0.407 e. The van der Waals surface area contributed by atoms with Crippen LogP contribution in [0.5, 0.6) is 5.75 Å². The fourth-order valence-corrected chi connectivity index (χ4v) is 5.39. The maximum absolute atomic E-state index is 12.7. The number of carbonyl (C=O) groups is 2. The van der Waals surface area contributed by atoms with Gasteiger partial charge in [0, 0.05) is 30.5 Å². The van der Waals surface area contributed by atoms with Crippen molar-refractivity contribution in [1.29, 1.82) is 0 Å². The van der Waals surface area contributed by atoms with E-state index in [0.717, 1.165) is 27.9 Å². The van der Waals surface area contributed by atoms with E-state index in [1.165, 1.54) is 0 Å². The summed E-state index contributed by atoms with van der Waals surface area (Å²) < 4.78 is 16.5. The lowest BCUT2D eigenvalue weighted by Crippen LogP contribution is -2.43. The lowest BCUT2D eigenvalue weighted by molar-refractivity contribution is -0.139. The molecule has 1 fully saturated rings. The Hall–Kier alpha value is -3.75. The number of alkyl carbamates (subject to hydrolysis) is 1. The van der Waals surface area contributed by atoms with Crippen LogP contribution < -0.4 is 15.0 Å². The summed E-state index contributed by atoms with van der Waals surface area (Å²) in [5.74, 6) is -0.731. The molecule has 1 aliphatic heterocycles. The van der Waals surface area contributed by atoms with Crippen LogP contribution in [-0.4, -0.2) is 63.2 Å². The molecule has 1 heterocycles. The van der Waals surface area contributed by atoms with E-state index >= 15 is 0 Å². The van der Waals surface area contributed by atoms with Gasteiger partial charge < -0.3 is 29.5 Å². The number of nitrogens with zero attached hydrogens (tertiary/aromatic N) is 1. The predicted octanol–water partition coefficient (Wildman–Crippen LogP) is 4.72. The molecule has 0 saturated carbocycles. The molecule has 2 aliphatic rings. The number of morpholine rings is 1. The number of ether oxygens (including phenoxy) is 3. The third kappa shape index (κ3) is 5.28. The average molecular weight is 537 g/mol. The standard InChI is InChI=1S/C29H29ClN2O6/c1-36-27-15-18(24(30)16-26(27)32-10-12-37-13-11-32)14-25(28(33)34)31-29(35)38-17-23-21-8-4-2-6-19(21)20-7-3-5-9-22(20)23/h2-9,15-16,23,25H,10-14,17H2,1H3,(H,31,35)(H,33,34). The number of nitrogens with one attached hydrogen (secondary N) is 1. The van der Waals surface area contributed by atoms with E-state index < -0.39 is 18.1 Å². The van der Waals surface area contributed by atoms with Crippen LogP contribution in [0.2, 0.25) is 5.02 Å². The molecular formula is C29H29ClN2O6. The molecule has 8 nitrogen and oxygen atoms in total. The van der Waals surface area contributed by atoms with E-state index in [2.05, 4.69) is 22.3 Å². The molecule has 3 aromatic rings. The van der Waals surface area contributed by atoms with E-state index in [1.807, 2.05) is 36.4 Å². The molecule has 0 aromatic heterocycles. The van der Waals surface area contributed by atoms with Crippen molar-refractivity contribution in [3.63, 3.8) is 0 Å². The fraction of sp³-hybridized carbons (Fsp3) is 0.310. The summed E-state index contributed by atoms with van der Waals surface area (Å²) in [6, 6.07) is 18.3. The Morgan fingerprint density at radius 1 is 1.08 bits per heavy atom. The van der Waals surface area contributed by atoms with Crippen LogP contribution >= 0.6 is 11.6 Å². The van der Waals surface area contributed by atoms with Crippen molar-refractivity contribution >= 4 is 29.4 Å². The largest absolute Gasteiger partial charge is 0.495 e. The molecule has 3 aromatic carbocycles. The van der Waals surface area contributed by atoms with Gasteiger partial charge >= 0.3 is 12.1 Å². The minimum atomic E-state index is -1.23. The topological polar surface area (TPSA) is 97.3 Å². The van der Waals surface area contributed by atoms with E-state index in [1.54, 1.807) is 19.2 Å². The Labute approximate surface area is 226 Å². The molecule has 198 valence electrons. The fourth-order valence-electron chi connectivity index (χ4n) is 5.16. The van der Waals surface area contributed by atoms with Crippen molar-refractivity contribution in [2.24, 2.45) is 0 Å². The number of amides is 1. The first-order valence-corrected chi connectivity index (χ1v) is 12.9. The molecule has 2 N–H and O–H groups in total. The Morgan fingerprint density at radius 2 is 1.71 bits per heavy atom. The lowest BCUT2D eigenvalue weighted by atomic mass is 9.98. The zero-order valence-corrected chi connectivity index (χ0v) is 21.7. The van der Waals surface area contributed by atoms with E-state index in [-0.39, 0.29) is 18.9 Å². The molecule has 0 spiro atoms. The van der Waals surface area contributed by atoms with Gasteiger partial charge in [-0.05, 0) is 39.9 Å². The van der Waals surface area contributed by atoms with Crippen LogP contribution in [0.4, 0.5) is 10.5 Å². The highest BCUT2D eigenvalue weighted by Crippen LogP contribution is 2.44. The van der Waals surface area contributed by atoms with Gasteiger partial charge in [-0.2, -0.15) is 0 Å². The number of hydrogen-bond acceptors (Lipinski definition) is 6. The van der Waals surface area contributed by atoms with Crippen LogP contribution in [0.1, 0.15) is 22.6 Å². The van der Waals surface area contributed by atoms with Crippen LogP contribution in [0.25, 0.3) is 11.1 Å². The van der Waals surface area contributed by atoms with Crippen molar-refractivity contribution in [2.75, 3.05) is 44.9 Å². The maximum Gasteiger partial charge on any atom is 0.407 e. The van der Waals surface area contributed by atoms with E-state index in [9.17, 15) is 14.7 Å². The predicted molar refractivity (Wildman–Crippen MR) is 144 cm³/mol. The number of carboxylic acids is 1. The highest BCUT2D eigenvalue weighted by atomic mass is 35.5. The van der Waals surface area contributed by atoms with Crippen molar-refractivity contribution in [1.82, 2.24) is 5.32 Å². The Morgan fingerprint density at radius 3 is 2.32 bits per heavy atom. The first kappa shape index (κ1) is 25.9. The second-order valence-corrected chi connectivity index (χ2v) is 9.69. The molecular weight excluding hydrogens is 508 g/mol. The number of benzene rings is 3. The van der Waals surface area contributed by atoms with Gasteiger partial charge in [-0.25, -0.2) is 9.59 Å². The Bertz CT molecular complexity index is 1290. The molecule has 5 rings (SSSR count). The number of halogens is 1. The van der Waals surface area contributed by atoms with Gasteiger partial charge in [0.25, 0.3) is 0 Å². The molecule has 0 radical (unpaired) electrons. The second-order valence-electron chi connectivity index (χ2n) is 9.28. The van der Waals surface area contributed by atoms with Gasteiger partial charge in [0.15, 0.2) is 0 Å². The van der Waals surface area contributed by atoms with Crippen molar-refractivity contribution in [3.8, 4) is 16.9 Å². The summed E-state index contributed by atoms with van der Waals surface area (Å²) in [6.45, 7) is 2.70. The number of hydrogen-bond donors (Lipinski definition) is 2. The Kier molecular flexibility index (Phi) is 7.72. The number of rotatable bonds is 8. The van der Waals surface area contributed by atoms with Crippen LogP contribution in [0.15, 0.2) is 60.7 Å². The number of carbonyl (C=O) groups excluding carboxylic acids is 1. The third-order valence-electron chi connectivity index (χ3n) is 7.06. The Balaban J connectivity index is 1.27. The number of methoxy groups -OCH3 is 1. The summed E-state index contributed by atoms with van der Waals surface area (Å²) in [7, 11) is 1.56. The SMILES string of the molecule is COc1cc(CC(NC(=O)OCC2c3ccccc3-c3ccccc32)C(=O)O)c(Cl)cc1N1CCOCC1. The summed E-state index contributed by atoms with van der Waals surface area (Å²) in [5, 5.41) is 12.7. The number of fused-ring (bicyclic) bond motifs is 3. The quantitative estimate of drug-likeness (QED) is 0.430. The lowest BCUT2D eigenvalue weighted by Gasteiger charge is -2.30. The van der Waals surface area contributed by atoms with Crippen molar-refractivity contribution in [3.05, 3.63) is 82.4 Å². The summed E-state index contributed by atoms with van der Waals surface area (Å²) in [5.41, 5.74) is 5.76. The van der Waals surface area contributed by atoms with Crippen molar-refractivity contribution < 1.29 is 28.9 Å². The number of carboxylic acid groups (broad SMARTS) is 1.